The molecule has 0 bridgehead atoms. The number of hydrogen-bond acceptors (Lipinski definition) is 3. The minimum atomic E-state index is -1.05. The van der Waals surface area contributed by atoms with Crippen molar-refractivity contribution in [3.8, 4) is 0 Å². The van der Waals surface area contributed by atoms with Crippen LogP contribution < -0.4 is 10.6 Å². The van der Waals surface area contributed by atoms with Crippen LogP contribution in [0.3, 0.4) is 0 Å². The van der Waals surface area contributed by atoms with E-state index in [1.54, 1.807) is 31.2 Å². The van der Waals surface area contributed by atoms with Gasteiger partial charge in [0.05, 0.1) is 5.60 Å². The van der Waals surface area contributed by atoms with E-state index >= 15 is 0 Å². The number of carbonyl (C=O) groups is 2. The highest BCUT2D eigenvalue weighted by Crippen LogP contribution is 2.19. The molecule has 0 saturated carbocycles. The lowest BCUT2D eigenvalue weighted by atomic mass is 9.89. The monoisotopic (exact) mass is 312 g/mol. The number of benzene rings is 1. The Hall–Kier alpha value is -1.59. The van der Waals surface area contributed by atoms with E-state index in [9.17, 15) is 14.7 Å². The van der Waals surface area contributed by atoms with Crippen molar-refractivity contribution in [2.75, 3.05) is 11.9 Å². The summed E-state index contributed by atoms with van der Waals surface area (Å²) >= 11 is 5.79. The molecular formula is C15H21ClN2O3. The Labute approximate surface area is 129 Å². The van der Waals surface area contributed by atoms with Gasteiger partial charge in [-0.3, -0.25) is 9.59 Å². The first-order valence-electron chi connectivity index (χ1n) is 6.83. The van der Waals surface area contributed by atoms with Gasteiger partial charge >= 0.3 is 11.8 Å². The van der Waals surface area contributed by atoms with Crippen molar-refractivity contribution < 1.29 is 14.7 Å². The molecule has 0 fully saturated rings. The minimum Gasteiger partial charge on any atom is -0.388 e. The van der Waals surface area contributed by atoms with Crippen molar-refractivity contribution in [1.29, 1.82) is 0 Å². The third-order valence-electron chi connectivity index (χ3n) is 3.57. The second-order valence-corrected chi connectivity index (χ2v) is 5.75. The van der Waals surface area contributed by atoms with Crippen LogP contribution in [0.5, 0.6) is 0 Å². The molecule has 0 heterocycles. The SMILES string of the molecule is CC[C@H](C)[C@](C)(O)CNC(=O)C(=O)Nc1cccc(Cl)c1. The Morgan fingerprint density at radius 2 is 2.05 bits per heavy atom. The predicted octanol–water partition coefficient (Wildman–Crippen LogP) is 2.19. The Bertz CT molecular complexity index is 517. The molecule has 0 radical (unpaired) electrons. The zero-order valence-corrected chi connectivity index (χ0v) is 13.2. The van der Waals surface area contributed by atoms with Crippen LogP contribution in [-0.4, -0.2) is 29.1 Å². The quantitative estimate of drug-likeness (QED) is 0.729. The number of rotatable bonds is 5. The summed E-state index contributed by atoms with van der Waals surface area (Å²) in [7, 11) is 0. The second-order valence-electron chi connectivity index (χ2n) is 5.31. The molecule has 1 rings (SSSR count). The van der Waals surface area contributed by atoms with E-state index in [4.69, 9.17) is 11.6 Å². The van der Waals surface area contributed by atoms with Crippen molar-refractivity contribution in [3.05, 3.63) is 29.3 Å². The highest BCUT2D eigenvalue weighted by Gasteiger charge is 2.28. The average molecular weight is 313 g/mol. The van der Waals surface area contributed by atoms with Gasteiger partial charge in [0, 0.05) is 17.3 Å². The lowest BCUT2D eigenvalue weighted by Gasteiger charge is -2.29. The molecule has 1 aromatic rings. The maximum absolute atomic E-state index is 11.7. The summed E-state index contributed by atoms with van der Waals surface area (Å²) in [5, 5.41) is 15.5. The van der Waals surface area contributed by atoms with E-state index in [0.29, 0.717) is 10.7 Å². The van der Waals surface area contributed by atoms with Crippen molar-refractivity contribution in [2.45, 2.75) is 32.8 Å². The normalized spacial score (nSPS) is 14.9. The van der Waals surface area contributed by atoms with E-state index in [1.807, 2.05) is 13.8 Å². The Balaban J connectivity index is 2.54. The van der Waals surface area contributed by atoms with Crippen molar-refractivity contribution >= 4 is 29.1 Å². The molecule has 6 heteroatoms. The number of aliphatic hydroxyl groups is 1. The predicted molar refractivity (Wildman–Crippen MR) is 83.2 cm³/mol. The number of carbonyl (C=O) groups excluding carboxylic acids is 2. The van der Waals surface area contributed by atoms with Gasteiger partial charge in [-0.15, -0.1) is 0 Å². The molecule has 116 valence electrons. The maximum atomic E-state index is 11.7. The maximum Gasteiger partial charge on any atom is 0.313 e. The fourth-order valence-electron chi connectivity index (χ4n) is 1.71. The summed E-state index contributed by atoms with van der Waals surface area (Å²) in [5.41, 5.74) is -0.614. The van der Waals surface area contributed by atoms with Crippen LogP contribution in [0.2, 0.25) is 5.02 Å². The third kappa shape index (κ3) is 5.36. The van der Waals surface area contributed by atoms with Crippen LogP contribution in [0.4, 0.5) is 5.69 Å². The molecule has 0 saturated heterocycles. The Morgan fingerprint density at radius 1 is 1.38 bits per heavy atom. The smallest absolute Gasteiger partial charge is 0.313 e. The Morgan fingerprint density at radius 3 is 2.62 bits per heavy atom. The second kappa shape index (κ2) is 7.43. The molecule has 0 aliphatic carbocycles. The van der Waals surface area contributed by atoms with Crippen LogP contribution in [-0.2, 0) is 9.59 Å². The van der Waals surface area contributed by atoms with Crippen LogP contribution in [0.1, 0.15) is 27.2 Å². The minimum absolute atomic E-state index is 0.00814. The van der Waals surface area contributed by atoms with Gasteiger partial charge in [-0.05, 0) is 31.0 Å². The fourth-order valence-corrected chi connectivity index (χ4v) is 1.90. The van der Waals surface area contributed by atoms with Gasteiger partial charge < -0.3 is 15.7 Å². The highest BCUT2D eigenvalue weighted by molar-refractivity contribution is 6.39. The van der Waals surface area contributed by atoms with Gasteiger partial charge in [0.2, 0.25) is 0 Å². The van der Waals surface area contributed by atoms with E-state index in [0.717, 1.165) is 6.42 Å². The molecule has 0 unspecified atom stereocenters. The standard InChI is InChI=1S/C15H21ClN2O3/c1-4-10(2)15(3,21)9-17-13(19)14(20)18-12-7-5-6-11(16)8-12/h5-8,10,21H,4,9H2,1-3H3,(H,17,19)(H,18,20)/t10-,15+/m0/s1. The number of nitrogens with one attached hydrogen (secondary N) is 2. The molecular weight excluding hydrogens is 292 g/mol. The van der Waals surface area contributed by atoms with E-state index in [1.165, 1.54) is 0 Å². The van der Waals surface area contributed by atoms with Gasteiger partial charge in [0.25, 0.3) is 0 Å². The van der Waals surface area contributed by atoms with E-state index < -0.39 is 17.4 Å². The van der Waals surface area contributed by atoms with Gasteiger partial charge in [-0.2, -0.15) is 0 Å². The number of anilines is 1. The molecule has 2 atom stereocenters. The van der Waals surface area contributed by atoms with E-state index in [2.05, 4.69) is 10.6 Å². The Kier molecular flexibility index (Phi) is 6.18. The van der Waals surface area contributed by atoms with Crippen LogP contribution in [0.15, 0.2) is 24.3 Å². The molecule has 0 spiro atoms. The highest BCUT2D eigenvalue weighted by atomic mass is 35.5. The first-order chi connectivity index (χ1) is 9.76. The van der Waals surface area contributed by atoms with Crippen molar-refractivity contribution in [2.24, 2.45) is 5.92 Å². The number of hydrogen-bond donors (Lipinski definition) is 3. The van der Waals surface area contributed by atoms with Crippen molar-refractivity contribution in [3.63, 3.8) is 0 Å². The van der Waals surface area contributed by atoms with Crippen molar-refractivity contribution in [1.82, 2.24) is 5.32 Å². The van der Waals surface area contributed by atoms with Crippen LogP contribution in [0, 0.1) is 5.92 Å². The molecule has 2 amide bonds. The van der Waals surface area contributed by atoms with Gasteiger partial charge in [-0.1, -0.05) is 37.9 Å². The molecule has 21 heavy (non-hydrogen) atoms. The lowest BCUT2D eigenvalue weighted by molar-refractivity contribution is -0.137. The summed E-state index contributed by atoms with van der Waals surface area (Å²) in [6, 6.07) is 6.51. The van der Waals surface area contributed by atoms with Gasteiger partial charge in [-0.25, -0.2) is 0 Å². The molecule has 3 N–H and O–H groups in total. The topological polar surface area (TPSA) is 78.4 Å². The van der Waals surface area contributed by atoms with Gasteiger partial charge in [0.1, 0.15) is 0 Å². The lowest BCUT2D eigenvalue weighted by Crippen LogP contribution is -2.47. The zero-order valence-electron chi connectivity index (χ0n) is 12.4. The summed E-state index contributed by atoms with van der Waals surface area (Å²) in [4.78, 5) is 23.5. The molecule has 1 aromatic carbocycles. The molecule has 5 nitrogen and oxygen atoms in total. The van der Waals surface area contributed by atoms with Gasteiger partial charge in [0.15, 0.2) is 0 Å². The number of halogens is 1. The molecule has 0 aromatic heterocycles. The van der Waals surface area contributed by atoms with Crippen LogP contribution in [0.25, 0.3) is 0 Å². The summed E-state index contributed by atoms with van der Waals surface area (Å²) < 4.78 is 0. The first kappa shape index (κ1) is 17.5. The largest absolute Gasteiger partial charge is 0.388 e. The molecule has 0 aliphatic rings. The summed E-state index contributed by atoms with van der Waals surface area (Å²) in [6.07, 6.45) is 0.775. The average Bonchev–Trinajstić information content (AvgIpc) is 2.43. The summed E-state index contributed by atoms with van der Waals surface area (Å²) in [6.45, 7) is 5.49. The van der Waals surface area contributed by atoms with E-state index in [-0.39, 0.29) is 12.5 Å². The number of amides is 2. The fraction of sp³-hybridized carbons (Fsp3) is 0.467. The van der Waals surface area contributed by atoms with Crippen LogP contribution >= 0.6 is 11.6 Å². The summed E-state index contributed by atoms with van der Waals surface area (Å²) in [5.74, 6) is -1.58. The third-order valence-corrected chi connectivity index (χ3v) is 3.80. The zero-order chi connectivity index (χ0) is 16.0. The first-order valence-corrected chi connectivity index (χ1v) is 7.21. The molecule has 0 aliphatic heterocycles.